The van der Waals surface area contributed by atoms with Crippen molar-refractivity contribution in [3.8, 4) is 0 Å². The molecular weight excluding hydrogens is 184 g/mol. The number of nitrogens with two attached hydrogens (primary N) is 1. The van der Waals surface area contributed by atoms with Crippen LogP contribution in [0.5, 0.6) is 0 Å². The SMILES string of the molecule is Cc1nnc(NCC(C)CCN)s1. The van der Waals surface area contributed by atoms with E-state index in [-0.39, 0.29) is 0 Å². The second-order valence-corrected chi connectivity index (χ2v) is 4.37. The third-order valence-corrected chi connectivity index (χ3v) is 2.58. The van der Waals surface area contributed by atoms with Gasteiger partial charge in [0.15, 0.2) is 0 Å². The van der Waals surface area contributed by atoms with Gasteiger partial charge in [0.1, 0.15) is 5.01 Å². The minimum absolute atomic E-state index is 0.592. The molecule has 0 aliphatic rings. The number of rotatable bonds is 5. The minimum Gasteiger partial charge on any atom is -0.360 e. The Hall–Kier alpha value is -0.680. The van der Waals surface area contributed by atoms with Gasteiger partial charge in [0, 0.05) is 6.54 Å². The lowest BCUT2D eigenvalue weighted by Crippen LogP contribution is -2.15. The Morgan fingerprint density at radius 2 is 2.31 bits per heavy atom. The van der Waals surface area contributed by atoms with Gasteiger partial charge >= 0.3 is 0 Å². The van der Waals surface area contributed by atoms with Gasteiger partial charge in [-0.15, -0.1) is 10.2 Å². The number of aryl methyl sites for hydroxylation is 1. The fourth-order valence-electron chi connectivity index (χ4n) is 1.02. The van der Waals surface area contributed by atoms with E-state index in [1.807, 2.05) is 6.92 Å². The van der Waals surface area contributed by atoms with Crippen molar-refractivity contribution in [3.05, 3.63) is 5.01 Å². The fraction of sp³-hybridized carbons (Fsp3) is 0.750. The van der Waals surface area contributed by atoms with Gasteiger partial charge in [-0.25, -0.2) is 0 Å². The molecule has 1 atom stereocenters. The van der Waals surface area contributed by atoms with Crippen LogP contribution in [0.4, 0.5) is 5.13 Å². The Balaban J connectivity index is 2.26. The van der Waals surface area contributed by atoms with Crippen molar-refractivity contribution >= 4 is 16.5 Å². The molecule has 0 aliphatic heterocycles. The maximum Gasteiger partial charge on any atom is 0.205 e. The average Bonchev–Trinajstić information content (AvgIpc) is 2.49. The summed E-state index contributed by atoms with van der Waals surface area (Å²) in [7, 11) is 0. The summed E-state index contributed by atoms with van der Waals surface area (Å²) in [6, 6.07) is 0. The normalized spacial score (nSPS) is 12.8. The van der Waals surface area contributed by atoms with Crippen molar-refractivity contribution in [2.24, 2.45) is 11.7 Å². The fourth-order valence-corrected chi connectivity index (χ4v) is 1.61. The molecule has 74 valence electrons. The van der Waals surface area contributed by atoms with Crippen LogP contribution < -0.4 is 11.1 Å². The molecule has 0 saturated carbocycles. The smallest absolute Gasteiger partial charge is 0.205 e. The molecule has 0 saturated heterocycles. The second-order valence-electron chi connectivity index (χ2n) is 3.19. The first-order chi connectivity index (χ1) is 6.22. The number of hydrogen-bond donors (Lipinski definition) is 2. The maximum absolute atomic E-state index is 5.45. The lowest BCUT2D eigenvalue weighted by Gasteiger charge is -2.09. The Bertz CT molecular complexity index is 248. The molecule has 0 bridgehead atoms. The highest BCUT2D eigenvalue weighted by atomic mass is 32.1. The summed E-state index contributed by atoms with van der Waals surface area (Å²) in [4.78, 5) is 0. The van der Waals surface area contributed by atoms with Crippen LogP contribution in [0, 0.1) is 12.8 Å². The summed E-state index contributed by atoms with van der Waals surface area (Å²) in [6.07, 6.45) is 1.05. The molecule has 5 heteroatoms. The third kappa shape index (κ3) is 3.69. The quantitative estimate of drug-likeness (QED) is 0.750. The summed E-state index contributed by atoms with van der Waals surface area (Å²) < 4.78 is 0. The standard InChI is InChI=1S/C8H16N4S/c1-6(3-4-9)5-10-8-12-11-7(2)13-8/h6H,3-5,9H2,1-2H3,(H,10,12). The van der Waals surface area contributed by atoms with E-state index in [1.54, 1.807) is 11.3 Å². The zero-order chi connectivity index (χ0) is 9.68. The highest BCUT2D eigenvalue weighted by molar-refractivity contribution is 7.15. The van der Waals surface area contributed by atoms with E-state index in [2.05, 4.69) is 22.4 Å². The predicted molar refractivity (Wildman–Crippen MR) is 56.0 cm³/mol. The van der Waals surface area contributed by atoms with Gasteiger partial charge in [-0.05, 0) is 25.8 Å². The average molecular weight is 200 g/mol. The summed E-state index contributed by atoms with van der Waals surface area (Å²) >= 11 is 1.58. The molecule has 0 spiro atoms. The van der Waals surface area contributed by atoms with Gasteiger partial charge in [-0.2, -0.15) is 0 Å². The lowest BCUT2D eigenvalue weighted by atomic mass is 10.1. The van der Waals surface area contributed by atoms with Gasteiger partial charge in [-0.3, -0.25) is 0 Å². The van der Waals surface area contributed by atoms with E-state index >= 15 is 0 Å². The van der Waals surface area contributed by atoms with Gasteiger partial charge < -0.3 is 11.1 Å². The van der Waals surface area contributed by atoms with Crippen molar-refractivity contribution in [2.75, 3.05) is 18.4 Å². The monoisotopic (exact) mass is 200 g/mol. The van der Waals surface area contributed by atoms with E-state index in [0.717, 1.165) is 29.6 Å². The molecule has 0 aliphatic carbocycles. The van der Waals surface area contributed by atoms with Crippen LogP contribution in [0.3, 0.4) is 0 Å². The van der Waals surface area contributed by atoms with Crippen LogP contribution in [0.1, 0.15) is 18.4 Å². The molecule has 1 rings (SSSR count). The van der Waals surface area contributed by atoms with Crippen molar-refractivity contribution in [1.29, 1.82) is 0 Å². The molecule has 0 aromatic carbocycles. The van der Waals surface area contributed by atoms with E-state index in [4.69, 9.17) is 5.73 Å². The Kier molecular flexibility index (Phi) is 4.11. The maximum atomic E-state index is 5.45. The summed E-state index contributed by atoms with van der Waals surface area (Å²) in [6.45, 7) is 5.80. The Morgan fingerprint density at radius 3 is 2.85 bits per heavy atom. The van der Waals surface area contributed by atoms with E-state index in [0.29, 0.717) is 5.92 Å². The Labute approximate surface area is 82.6 Å². The summed E-state index contributed by atoms with van der Waals surface area (Å²) in [5, 5.41) is 13.0. The molecule has 13 heavy (non-hydrogen) atoms. The first-order valence-electron chi connectivity index (χ1n) is 4.46. The van der Waals surface area contributed by atoms with Crippen LogP contribution in [-0.2, 0) is 0 Å². The predicted octanol–water partition coefficient (Wildman–Crippen LogP) is 1.24. The molecular formula is C8H16N4S. The lowest BCUT2D eigenvalue weighted by molar-refractivity contribution is 0.568. The second kappa shape index (κ2) is 5.14. The largest absolute Gasteiger partial charge is 0.360 e. The van der Waals surface area contributed by atoms with Gasteiger partial charge in [0.25, 0.3) is 0 Å². The molecule has 1 unspecified atom stereocenters. The number of hydrogen-bond acceptors (Lipinski definition) is 5. The third-order valence-electron chi connectivity index (χ3n) is 1.79. The zero-order valence-corrected chi connectivity index (χ0v) is 8.90. The topological polar surface area (TPSA) is 63.8 Å². The molecule has 0 radical (unpaired) electrons. The molecule has 1 aromatic heterocycles. The van der Waals surface area contributed by atoms with Gasteiger partial charge in [0.2, 0.25) is 5.13 Å². The summed E-state index contributed by atoms with van der Waals surface area (Å²) in [5.74, 6) is 0.592. The van der Waals surface area contributed by atoms with Crippen LogP contribution in [-0.4, -0.2) is 23.3 Å². The number of anilines is 1. The van der Waals surface area contributed by atoms with Crippen molar-refractivity contribution in [2.45, 2.75) is 20.3 Å². The van der Waals surface area contributed by atoms with Crippen molar-refractivity contribution in [1.82, 2.24) is 10.2 Å². The van der Waals surface area contributed by atoms with Crippen LogP contribution >= 0.6 is 11.3 Å². The van der Waals surface area contributed by atoms with E-state index in [9.17, 15) is 0 Å². The number of nitrogens with zero attached hydrogens (tertiary/aromatic N) is 2. The van der Waals surface area contributed by atoms with Crippen LogP contribution in [0.15, 0.2) is 0 Å². The van der Waals surface area contributed by atoms with Crippen LogP contribution in [0.2, 0.25) is 0 Å². The first-order valence-corrected chi connectivity index (χ1v) is 5.28. The van der Waals surface area contributed by atoms with E-state index in [1.165, 1.54) is 0 Å². The van der Waals surface area contributed by atoms with E-state index < -0.39 is 0 Å². The zero-order valence-electron chi connectivity index (χ0n) is 8.08. The van der Waals surface area contributed by atoms with Gasteiger partial charge in [0.05, 0.1) is 0 Å². The highest BCUT2D eigenvalue weighted by Crippen LogP contribution is 2.14. The molecule has 0 fully saturated rings. The first kappa shape index (κ1) is 10.4. The molecule has 3 N–H and O–H groups in total. The minimum atomic E-state index is 0.592. The van der Waals surface area contributed by atoms with Crippen LogP contribution in [0.25, 0.3) is 0 Å². The molecule has 1 aromatic rings. The molecule has 4 nitrogen and oxygen atoms in total. The molecule has 1 heterocycles. The number of aromatic nitrogens is 2. The highest BCUT2D eigenvalue weighted by Gasteiger charge is 2.03. The summed E-state index contributed by atoms with van der Waals surface area (Å²) in [5.41, 5.74) is 5.45. The van der Waals surface area contributed by atoms with Crippen molar-refractivity contribution in [3.63, 3.8) is 0 Å². The van der Waals surface area contributed by atoms with Gasteiger partial charge in [-0.1, -0.05) is 18.3 Å². The number of nitrogens with one attached hydrogen (secondary N) is 1. The Morgan fingerprint density at radius 1 is 1.54 bits per heavy atom. The van der Waals surface area contributed by atoms with Crippen molar-refractivity contribution < 1.29 is 0 Å². The molecule has 0 amide bonds.